The van der Waals surface area contributed by atoms with Crippen molar-refractivity contribution in [3.63, 3.8) is 0 Å². The van der Waals surface area contributed by atoms with E-state index in [9.17, 15) is 0 Å². The van der Waals surface area contributed by atoms with Gasteiger partial charge in [-0.25, -0.2) is 0 Å². The molecular weight excluding hydrogens is 258 g/mol. The van der Waals surface area contributed by atoms with E-state index >= 15 is 0 Å². The SMILES string of the molecule is COCCNC(=S)N/N=C1/CC[C@H]2CCCC[C@H]2C1. The molecule has 0 bridgehead atoms. The Labute approximate surface area is 121 Å². The van der Waals surface area contributed by atoms with Gasteiger partial charge in [0.2, 0.25) is 0 Å². The van der Waals surface area contributed by atoms with Crippen LogP contribution >= 0.6 is 12.2 Å². The van der Waals surface area contributed by atoms with Crippen LogP contribution in [0.15, 0.2) is 5.10 Å². The molecule has 5 heteroatoms. The van der Waals surface area contributed by atoms with E-state index in [1.54, 1.807) is 7.11 Å². The first kappa shape index (κ1) is 14.7. The van der Waals surface area contributed by atoms with Gasteiger partial charge in [0, 0.05) is 19.4 Å². The molecule has 0 aromatic carbocycles. The van der Waals surface area contributed by atoms with E-state index in [2.05, 4.69) is 15.8 Å². The Kier molecular flexibility index (Phi) is 6.04. The van der Waals surface area contributed by atoms with Crippen molar-refractivity contribution in [3.8, 4) is 0 Å². The van der Waals surface area contributed by atoms with Gasteiger partial charge < -0.3 is 10.1 Å². The lowest BCUT2D eigenvalue weighted by molar-refractivity contribution is 0.204. The van der Waals surface area contributed by atoms with Gasteiger partial charge in [0.1, 0.15) is 0 Å². The zero-order valence-corrected chi connectivity index (χ0v) is 12.6. The summed E-state index contributed by atoms with van der Waals surface area (Å²) in [6, 6.07) is 0. The van der Waals surface area contributed by atoms with Crippen molar-refractivity contribution in [3.05, 3.63) is 0 Å². The Morgan fingerprint density at radius 2 is 2.11 bits per heavy atom. The van der Waals surface area contributed by atoms with E-state index in [0.29, 0.717) is 11.7 Å². The molecule has 0 aromatic heterocycles. The molecule has 2 saturated carbocycles. The molecule has 2 aliphatic carbocycles. The van der Waals surface area contributed by atoms with Gasteiger partial charge in [-0.15, -0.1) is 0 Å². The van der Waals surface area contributed by atoms with Crippen molar-refractivity contribution >= 4 is 23.0 Å². The molecule has 2 rings (SSSR count). The number of rotatable bonds is 4. The topological polar surface area (TPSA) is 45.6 Å². The van der Waals surface area contributed by atoms with Gasteiger partial charge in [-0.05, 0) is 49.7 Å². The Morgan fingerprint density at radius 3 is 2.89 bits per heavy atom. The van der Waals surface area contributed by atoms with E-state index in [1.807, 2.05) is 0 Å². The van der Waals surface area contributed by atoms with Crippen molar-refractivity contribution in [1.29, 1.82) is 0 Å². The van der Waals surface area contributed by atoms with Gasteiger partial charge in [0.25, 0.3) is 0 Å². The summed E-state index contributed by atoms with van der Waals surface area (Å²) in [5.41, 5.74) is 4.25. The third kappa shape index (κ3) is 4.73. The first-order valence-corrected chi connectivity index (χ1v) is 7.78. The number of nitrogens with one attached hydrogen (secondary N) is 2. The molecule has 0 saturated heterocycles. The molecule has 2 N–H and O–H groups in total. The lowest BCUT2D eigenvalue weighted by atomic mass is 9.70. The van der Waals surface area contributed by atoms with Crippen LogP contribution in [0.1, 0.15) is 44.9 Å². The van der Waals surface area contributed by atoms with Gasteiger partial charge in [-0.2, -0.15) is 5.10 Å². The van der Waals surface area contributed by atoms with Crippen molar-refractivity contribution in [2.45, 2.75) is 44.9 Å². The number of nitrogens with zero attached hydrogens (tertiary/aromatic N) is 1. The highest BCUT2D eigenvalue weighted by atomic mass is 32.1. The Balaban J connectivity index is 1.72. The molecule has 0 aromatic rings. The van der Waals surface area contributed by atoms with Gasteiger partial charge in [0.15, 0.2) is 5.11 Å². The fourth-order valence-electron chi connectivity index (χ4n) is 3.23. The maximum Gasteiger partial charge on any atom is 0.187 e. The molecule has 0 heterocycles. The van der Waals surface area contributed by atoms with Crippen molar-refractivity contribution in [1.82, 2.24) is 10.7 Å². The normalized spacial score (nSPS) is 28.8. The molecule has 2 atom stereocenters. The zero-order chi connectivity index (χ0) is 13.5. The average molecular weight is 283 g/mol. The smallest absolute Gasteiger partial charge is 0.187 e. The molecule has 0 spiro atoms. The molecule has 0 radical (unpaired) electrons. The highest BCUT2D eigenvalue weighted by Gasteiger charge is 2.30. The lowest BCUT2D eigenvalue weighted by Crippen LogP contribution is -2.35. The van der Waals surface area contributed by atoms with Gasteiger partial charge in [0.05, 0.1) is 6.61 Å². The number of fused-ring (bicyclic) bond motifs is 1. The van der Waals surface area contributed by atoms with E-state index in [0.717, 1.165) is 24.8 Å². The van der Waals surface area contributed by atoms with E-state index in [4.69, 9.17) is 17.0 Å². The number of ether oxygens (including phenoxy) is 1. The molecule has 2 aliphatic rings. The maximum absolute atomic E-state index is 5.17. The summed E-state index contributed by atoms with van der Waals surface area (Å²) >= 11 is 5.17. The molecule has 108 valence electrons. The Bertz CT molecular complexity index is 333. The van der Waals surface area contributed by atoms with Crippen LogP contribution < -0.4 is 10.7 Å². The second-order valence-electron chi connectivity index (χ2n) is 5.59. The predicted octanol–water partition coefficient (Wildman–Crippen LogP) is 2.44. The summed E-state index contributed by atoms with van der Waals surface area (Å²) in [6.45, 7) is 1.38. The molecule has 0 unspecified atom stereocenters. The summed E-state index contributed by atoms with van der Waals surface area (Å²) < 4.78 is 4.96. The van der Waals surface area contributed by atoms with Gasteiger partial charge in [-0.1, -0.05) is 19.3 Å². The van der Waals surface area contributed by atoms with Crippen molar-refractivity contribution in [2.24, 2.45) is 16.9 Å². The minimum atomic E-state index is 0.593. The van der Waals surface area contributed by atoms with Crippen LogP contribution in [0.2, 0.25) is 0 Å². The zero-order valence-electron chi connectivity index (χ0n) is 11.8. The second-order valence-corrected chi connectivity index (χ2v) is 5.99. The van der Waals surface area contributed by atoms with E-state index in [-0.39, 0.29) is 0 Å². The van der Waals surface area contributed by atoms with Crippen LogP contribution in [0.3, 0.4) is 0 Å². The molecule has 4 nitrogen and oxygen atoms in total. The number of hydrazone groups is 1. The number of thiocarbonyl (C=S) groups is 1. The van der Waals surface area contributed by atoms with Gasteiger partial charge >= 0.3 is 0 Å². The fourth-order valence-corrected chi connectivity index (χ4v) is 3.38. The van der Waals surface area contributed by atoms with Gasteiger partial charge in [-0.3, -0.25) is 5.43 Å². The highest BCUT2D eigenvalue weighted by Crippen LogP contribution is 2.39. The number of hydrogen-bond donors (Lipinski definition) is 2. The lowest BCUT2D eigenvalue weighted by Gasteiger charge is -2.35. The summed E-state index contributed by atoms with van der Waals surface area (Å²) in [6.07, 6.45) is 9.27. The molecule has 0 aliphatic heterocycles. The maximum atomic E-state index is 5.17. The second kappa shape index (κ2) is 7.80. The number of methoxy groups -OCH3 is 1. The average Bonchev–Trinajstić information content (AvgIpc) is 2.45. The third-order valence-electron chi connectivity index (χ3n) is 4.28. The molecule has 19 heavy (non-hydrogen) atoms. The summed E-state index contributed by atoms with van der Waals surface area (Å²) in [7, 11) is 1.68. The quantitative estimate of drug-likeness (QED) is 0.472. The van der Waals surface area contributed by atoms with Crippen molar-refractivity contribution < 1.29 is 4.74 Å². The highest BCUT2D eigenvalue weighted by molar-refractivity contribution is 7.80. The molecule has 2 fully saturated rings. The van der Waals surface area contributed by atoms with Crippen molar-refractivity contribution in [2.75, 3.05) is 20.3 Å². The third-order valence-corrected chi connectivity index (χ3v) is 4.51. The Morgan fingerprint density at radius 1 is 1.32 bits per heavy atom. The minimum absolute atomic E-state index is 0.593. The van der Waals surface area contributed by atoms with Crippen LogP contribution in [0.5, 0.6) is 0 Å². The number of hydrogen-bond acceptors (Lipinski definition) is 3. The molecule has 0 amide bonds. The van der Waals surface area contributed by atoms with Crippen LogP contribution in [0.4, 0.5) is 0 Å². The first-order chi connectivity index (χ1) is 9.29. The minimum Gasteiger partial charge on any atom is -0.383 e. The van der Waals surface area contributed by atoms with E-state index < -0.39 is 0 Å². The van der Waals surface area contributed by atoms with E-state index in [1.165, 1.54) is 44.2 Å². The first-order valence-electron chi connectivity index (χ1n) is 7.38. The largest absolute Gasteiger partial charge is 0.383 e. The van der Waals surface area contributed by atoms with Crippen LogP contribution in [0.25, 0.3) is 0 Å². The van der Waals surface area contributed by atoms with Crippen LogP contribution in [-0.4, -0.2) is 31.1 Å². The summed E-state index contributed by atoms with van der Waals surface area (Å²) in [5.74, 6) is 1.83. The van der Waals surface area contributed by atoms with Crippen LogP contribution in [0, 0.1) is 11.8 Å². The standard InChI is InChI=1S/C14H25N3OS/c1-18-9-8-15-14(19)17-16-13-7-6-11-4-2-3-5-12(11)10-13/h11-12H,2-10H2,1H3,(H2,15,17,19)/b16-13-/t11-,12+/m1/s1. The monoisotopic (exact) mass is 283 g/mol. The fraction of sp³-hybridized carbons (Fsp3) is 0.857. The van der Waals surface area contributed by atoms with Crippen LogP contribution in [-0.2, 0) is 4.74 Å². The summed E-state index contributed by atoms with van der Waals surface area (Å²) in [4.78, 5) is 0. The predicted molar refractivity (Wildman–Crippen MR) is 82.3 cm³/mol. The summed E-state index contributed by atoms with van der Waals surface area (Å²) in [5, 5.41) is 8.14. The Hall–Kier alpha value is -0.680. The molecular formula is C14H25N3OS.